The SMILES string of the molecule is Cc1cc(C(=O)NCc2ccc(OCCN(C)C)cc2)c2c(C)noc2n1. The van der Waals surface area contributed by atoms with E-state index in [9.17, 15) is 4.79 Å². The average Bonchev–Trinajstić information content (AvgIpc) is 3.00. The summed E-state index contributed by atoms with van der Waals surface area (Å²) < 4.78 is 10.9. The largest absolute Gasteiger partial charge is 0.492 e. The van der Waals surface area contributed by atoms with E-state index in [2.05, 4.69) is 20.4 Å². The molecule has 0 atom stereocenters. The molecule has 3 rings (SSSR count). The Morgan fingerprint density at radius 1 is 1.22 bits per heavy atom. The summed E-state index contributed by atoms with van der Waals surface area (Å²) in [4.78, 5) is 19.0. The van der Waals surface area contributed by atoms with Crippen LogP contribution in [0.4, 0.5) is 0 Å². The molecule has 0 bridgehead atoms. The summed E-state index contributed by atoms with van der Waals surface area (Å²) in [7, 11) is 4.02. The number of hydrogen-bond donors (Lipinski definition) is 1. The molecule has 142 valence electrons. The number of aryl methyl sites for hydroxylation is 2. The summed E-state index contributed by atoms with van der Waals surface area (Å²) in [6, 6.07) is 9.47. The van der Waals surface area contributed by atoms with E-state index in [1.807, 2.05) is 45.3 Å². The van der Waals surface area contributed by atoms with Gasteiger partial charge in [0.1, 0.15) is 12.4 Å². The van der Waals surface area contributed by atoms with Gasteiger partial charge in [0.2, 0.25) is 0 Å². The van der Waals surface area contributed by atoms with Gasteiger partial charge >= 0.3 is 0 Å². The van der Waals surface area contributed by atoms with Crippen LogP contribution in [0.15, 0.2) is 34.9 Å². The number of nitrogens with one attached hydrogen (secondary N) is 1. The third kappa shape index (κ3) is 4.62. The highest BCUT2D eigenvalue weighted by Gasteiger charge is 2.17. The van der Waals surface area contributed by atoms with E-state index >= 15 is 0 Å². The van der Waals surface area contributed by atoms with Crippen LogP contribution in [0.5, 0.6) is 5.75 Å². The number of hydrogen-bond acceptors (Lipinski definition) is 6. The van der Waals surface area contributed by atoms with Crippen molar-refractivity contribution in [2.45, 2.75) is 20.4 Å². The minimum atomic E-state index is -0.178. The zero-order chi connectivity index (χ0) is 19.4. The summed E-state index contributed by atoms with van der Waals surface area (Å²) >= 11 is 0. The number of ether oxygens (including phenoxy) is 1. The molecule has 7 nitrogen and oxygen atoms in total. The highest BCUT2D eigenvalue weighted by atomic mass is 16.5. The van der Waals surface area contributed by atoms with Gasteiger partial charge in [-0.2, -0.15) is 0 Å². The number of carbonyl (C=O) groups is 1. The quantitative estimate of drug-likeness (QED) is 0.691. The number of pyridine rings is 1. The second-order valence-electron chi connectivity index (χ2n) is 6.74. The van der Waals surface area contributed by atoms with Gasteiger partial charge in [-0.05, 0) is 51.7 Å². The maximum Gasteiger partial charge on any atom is 0.258 e. The number of rotatable bonds is 7. The number of benzene rings is 1. The number of likely N-dealkylation sites (N-methyl/N-ethyl adjacent to an activating group) is 1. The second kappa shape index (κ2) is 8.18. The monoisotopic (exact) mass is 368 g/mol. The van der Waals surface area contributed by atoms with Crippen molar-refractivity contribution < 1.29 is 14.1 Å². The van der Waals surface area contributed by atoms with Gasteiger partial charge in [0.05, 0.1) is 16.6 Å². The van der Waals surface area contributed by atoms with Crippen LogP contribution in [0, 0.1) is 13.8 Å². The molecule has 0 aliphatic rings. The highest BCUT2D eigenvalue weighted by molar-refractivity contribution is 6.05. The number of nitrogens with zero attached hydrogens (tertiary/aromatic N) is 3. The number of aromatic nitrogens is 2. The maximum absolute atomic E-state index is 12.7. The third-order valence-corrected chi connectivity index (χ3v) is 4.17. The van der Waals surface area contributed by atoms with Crippen molar-refractivity contribution >= 4 is 17.0 Å². The first kappa shape index (κ1) is 18.8. The van der Waals surface area contributed by atoms with E-state index in [4.69, 9.17) is 9.26 Å². The Morgan fingerprint density at radius 2 is 1.96 bits per heavy atom. The molecule has 0 radical (unpaired) electrons. The lowest BCUT2D eigenvalue weighted by atomic mass is 10.1. The Balaban J connectivity index is 1.63. The summed E-state index contributed by atoms with van der Waals surface area (Å²) in [6.45, 7) is 5.54. The zero-order valence-corrected chi connectivity index (χ0v) is 16.1. The molecule has 1 aromatic carbocycles. The van der Waals surface area contributed by atoms with E-state index in [1.165, 1.54) is 0 Å². The summed E-state index contributed by atoms with van der Waals surface area (Å²) in [5, 5.41) is 7.51. The third-order valence-electron chi connectivity index (χ3n) is 4.17. The Hall–Kier alpha value is -2.93. The van der Waals surface area contributed by atoms with E-state index in [-0.39, 0.29) is 5.91 Å². The Kier molecular flexibility index (Phi) is 5.71. The second-order valence-corrected chi connectivity index (χ2v) is 6.74. The first-order valence-corrected chi connectivity index (χ1v) is 8.82. The molecule has 0 unspecified atom stereocenters. The van der Waals surface area contributed by atoms with Crippen molar-refractivity contribution in [3.63, 3.8) is 0 Å². The molecule has 1 N–H and O–H groups in total. The molecule has 2 heterocycles. The summed E-state index contributed by atoms with van der Waals surface area (Å²) in [6.07, 6.45) is 0. The van der Waals surface area contributed by atoms with Gasteiger partial charge in [0.25, 0.3) is 11.6 Å². The molecule has 2 aromatic heterocycles. The van der Waals surface area contributed by atoms with Gasteiger partial charge in [-0.3, -0.25) is 4.79 Å². The minimum Gasteiger partial charge on any atom is -0.492 e. The van der Waals surface area contributed by atoms with Crippen molar-refractivity contribution in [3.05, 3.63) is 52.8 Å². The molecule has 0 saturated carbocycles. The first-order chi connectivity index (χ1) is 12.9. The molecule has 0 aliphatic heterocycles. The predicted octanol–water partition coefficient (Wildman–Crippen LogP) is 2.71. The van der Waals surface area contributed by atoms with Crippen molar-refractivity contribution in [1.82, 2.24) is 20.4 Å². The van der Waals surface area contributed by atoms with Crippen molar-refractivity contribution in [1.29, 1.82) is 0 Å². The van der Waals surface area contributed by atoms with Crippen molar-refractivity contribution in [3.8, 4) is 5.75 Å². The fourth-order valence-corrected chi connectivity index (χ4v) is 2.72. The van der Waals surface area contributed by atoms with Gasteiger partial charge in [-0.15, -0.1) is 0 Å². The summed E-state index contributed by atoms with van der Waals surface area (Å²) in [5.41, 5.74) is 3.27. The van der Waals surface area contributed by atoms with Crippen LogP contribution in [-0.2, 0) is 6.54 Å². The van der Waals surface area contributed by atoms with Crippen LogP contribution in [0.3, 0.4) is 0 Å². The van der Waals surface area contributed by atoms with E-state index in [0.29, 0.717) is 41.2 Å². The van der Waals surface area contributed by atoms with Gasteiger partial charge < -0.3 is 19.5 Å². The Bertz CT molecular complexity index is 932. The van der Waals surface area contributed by atoms with Gasteiger partial charge in [-0.25, -0.2) is 4.98 Å². The lowest BCUT2D eigenvalue weighted by molar-refractivity contribution is 0.0952. The zero-order valence-electron chi connectivity index (χ0n) is 16.1. The van der Waals surface area contributed by atoms with Gasteiger partial charge in [0, 0.05) is 18.8 Å². The fourth-order valence-electron chi connectivity index (χ4n) is 2.72. The number of amides is 1. The van der Waals surface area contributed by atoms with Crippen LogP contribution >= 0.6 is 0 Å². The van der Waals surface area contributed by atoms with Crippen molar-refractivity contribution in [2.24, 2.45) is 0 Å². The maximum atomic E-state index is 12.7. The van der Waals surface area contributed by atoms with Crippen LogP contribution in [0.1, 0.15) is 27.3 Å². The predicted molar refractivity (Wildman–Crippen MR) is 103 cm³/mol. The van der Waals surface area contributed by atoms with E-state index in [1.54, 1.807) is 13.0 Å². The normalized spacial score (nSPS) is 11.1. The molecular formula is C20H24N4O3. The molecule has 0 aliphatic carbocycles. The molecule has 0 fully saturated rings. The lowest BCUT2D eigenvalue weighted by Gasteiger charge is -2.11. The highest BCUT2D eigenvalue weighted by Crippen LogP contribution is 2.22. The average molecular weight is 368 g/mol. The molecule has 0 saturated heterocycles. The fraction of sp³-hybridized carbons (Fsp3) is 0.350. The van der Waals surface area contributed by atoms with Gasteiger partial charge in [-0.1, -0.05) is 17.3 Å². The minimum absolute atomic E-state index is 0.178. The van der Waals surface area contributed by atoms with Crippen LogP contribution in [0.2, 0.25) is 0 Å². The lowest BCUT2D eigenvalue weighted by Crippen LogP contribution is -2.23. The van der Waals surface area contributed by atoms with Gasteiger partial charge in [0.15, 0.2) is 0 Å². The Labute approximate surface area is 158 Å². The number of fused-ring (bicyclic) bond motifs is 1. The van der Waals surface area contributed by atoms with E-state index in [0.717, 1.165) is 17.9 Å². The molecular weight excluding hydrogens is 344 g/mol. The Morgan fingerprint density at radius 3 is 2.67 bits per heavy atom. The summed E-state index contributed by atoms with van der Waals surface area (Å²) in [5.74, 6) is 0.640. The van der Waals surface area contributed by atoms with Crippen molar-refractivity contribution in [2.75, 3.05) is 27.2 Å². The number of carbonyl (C=O) groups excluding carboxylic acids is 1. The smallest absolute Gasteiger partial charge is 0.258 e. The first-order valence-electron chi connectivity index (χ1n) is 8.82. The molecule has 7 heteroatoms. The molecule has 27 heavy (non-hydrogen) atoms. The molecule has 0 spiro atoms. The van der Waals surface area contributed by atoms with Crippen LogP contribution in [-0.4, -0.2) is 48.2 Å². The van der Waals surface area contributed by atoms with Crippen LogP contribution in [0.25, 0.3) is 11.1 Å². The van der Waals surface area contributed by atoms with Crippen LogP contribution < -0.4 is 10.1 Å². The van der Waals surface area contributed by atoms with E-state index < -0.39 is 0 Å². The molecule has 1 amide bonds. The topological polar surface area (TPSA) is 80.5 Å². The standard InChI is InChI=1S/C20H24N4O3/c1-13-11-17(18-14(2)23-27-20(18)22-13)19(25)21-12-15-5-7-16(8-6-15)26-10-9-24(3)4/h5-8,11H,9-10,12H2,1-4H3,(H,21,25). The molecule has 3 aromatic rings.